The Morgan fingerprint density at radius 3 is 2.50 bits per heavy atom. The fourth-order valence-corrected chi connectivity index (χ4v) is 5.14. The first-order valence-corrected chi connectivity index (χ1v) is 12.0. The third-order valence-electron chi connectivity index (χ3n) is 5.47. The Hall–Kier alpha value is -2.69. The number of ether oxygens (including phenoxy) is 2. The summed E-state index contributed by atoms with van der Waals surface area (Å²) in [7, 11) is -3.69. The Kier molecular flexibility index (Phi) is 7.37. The van der Waals surface area contributed by atoms with Crippen molar-refractivity contribution >= 4 is 27.6 Å². The quantitative estimate of drug-likeness (QED) is 0.632. The van der Waals surface area contributed by atoms with Crippen LogP contribution < -0.4 is 5.32 Å². The number of benzene rings is 1. The minimum atomic E-state index is -3.69. The number of esters is 1. The Bertz CT molecular complexity index is 1100. The number of sulfonamides is 1. The molecule has 2 heterocycles. The van der Waals surface area contributed by atoms with Crippen LogP contribution in [0.5, 0.6) is 0 Å². The molecule has 0 unspecified atom stereocenters. The van der Waals surface area contributed by atoms with E-state index in [2.05, 4.69) is 5.32 Å². The number of aromatic nitrogens is 1. The number of morpholine rings is 1. The molecular weight excluding hydrogens is 434 g/mol. The number of anilines is 1. The fraction of sp³-hybridized carbons (Fsp3) is 0.455. The monoisotopic (exact) mass is 463 g/mol. The van der Waals surface area contributed by atoms with E-state index >= 15 is 0 Å². The largest absolute Gasteiger partial charge is 0.449 e. The summed E-state index contributed by atoms with van der Waals surface area (Å²) in [6, 6.07) is 7.75. The van der Waals surface area contributed by atoms with Gasteiger partial charge in [0.05, 0.1) is 23.7 Å². The fourth-order valence-electron chi connectivity index (χ4n) is 3.69. The molecule has 0 bridgehead atoms. The normalized spacial score (nSPS) is 15.9. The second-order valence-corrected chi connectivity index (χ2v) is 9.55. The minimum Gasteiger partial charge on any atom is -0.449 e. The van der Waals surface area contributed by atoms with E-state index in [1.165, 1.54) is 23.4 Å². The summed E-state index contributed by atoms with van der Waals surface area (Å²) in [6.07, 6.45) is -1.06. The Morgan fingerprint density at radius 1 is 1.19 bits per heavy atom. The Morgan fingerprint density at radius 2 is 1.88 bits per heavy atom. The predicted molar refractivity (Wildman–Crippen MR) is 119 cm³/mol. The molecule has 0 aliphatic carbocycles. The van der Waals surface area contributed by atoms with Gasteiger partial charge in [0.2, 0.25) is 10.0 Å². The molecule has 0 saturated carbocycles. The Balaban J connectivity index is 1.68. The number of carbonyl (C=O) groups is 2. The highest BCUT2D eigenvalue weighted by molar-refractivity contribution is 7.89. The van der Waals surface area contributed by atoms with Gasteiger partial charge >= 0.3 is 5.97 Å². The average Bonchev–Trinajstić information content (AvgIpc) is 3.07. The zero-order valence-electron chi connectivity index (χ0n) is 18.8. The van der Waals surface area contributed by atoms with Gasteiger partial charge in [-0.25, -0.2) is 13.2 Å². The summed E-state index contributed by atoms with van der Waals surface area (Å²) < 4.78 is 39.6. The van der Waals surface area contributed by atoms with Crippen LogP contribution in [0.2, 0.25) is 0 Å². The molecule has 2 aromatic rings. The number of carbonyl (C=O) groups excluding carboxylic acids is 2. The molecule has 1 atom stereocenters. The van der Waals surface area contributed by atoms with Crippen molar-refractivity contribution in [2.75, 3.05) is 31.6 Å². The van der Waals surface area contributed by atoms with Crippen molar-refractivity contribution in [1.29, 1.82) is 0 Å². The van der Waals surface area contributed by atoms with Gasteiger partial charge in [-0.3, -0.25) is 4.79 Å². The third kappa shape index (κ3) is 5.03. The summed E-state index contributed by atoms with van der Waals surface area (Å²) in [5.74, 6) is -1.13. The number of hydrogen-bond donors (Lipinski definition) is 1. The summed E-state index contributed by atoms with van der Waals surface area (Å²) in [5, 5.41) is 2.63. The van der Waals surface area contributed by atoms with E-state index in [9.17, 15) is 18.0 Å². The number of nitrogens with zero attached hydrogens (tertiary/aromatic N) is 2. The number of amides is 1. The molecule has 1 amide bonds. The van der Waals surface area contributed by atoms with Crippen LogP contribution in [-0.2, 0) is 30.8 Å². The average molecular weight is 464 g/mol. The van der Waals surface area contributed by atoms with Crippen molar-refractivity contribution in [3.05, 3.63) is 47.3 Å². The molecule has 174 valence electrons. The van der Waals surface area contributed by atoms with Gasteiger partial charge < -0.3 is 19.4 Å². The van der Waals surface area contributed by atoms with Gasteiger partial charge in [0, 0.05) is 36.7 Å². The van der Waals surface area contributed by atoms with Crippen LogP contribution in [0.4, 0.5) is 5.69 Å². The van der Waals surface area contributed by atoms with Crippen LogP contribution in [-0.4, -0.2) is 61.6 Å². The van der Waals surface area contributed by atoms with Crippen molar-refractivity contribution in [2.45, 2.75) is 45.2 Å². The van der Waals surface area contributed by atoms with Crippen LogP contribution >= 0.6 is 0 Å². The van der Waals surface area contributed by atoms with E-state index in [1.54, 1.807) is 18.2 Å². The maximum Gasteiger partial charge on any atom is 0.340 e. The van der Waals surface area contributed by atoms with Gasteiger partial charge in [-0.05, 0) is 52.0 Å². The first-order chi connectivity index (χ1) is 15.1. The first-order valence-electron chi connectivity index (χ1n) is 10.5. The van der Waals surface area contributed by atoms with Gasteiger partial charge in [0.15, 0.2) is 6.10 Å². The van der Waals surface area contributed by atoms with Crippen molar-refractivity contribution in [3.8, 4) is 0 Å². The molecule has 3 rings (SSSR count). The predicted octanol–water partition coefficient (Wildman–Crippen LogP) is 2.33. The smallest absolute Gasteiger partial charge is 0.340 e. The molecular formula is C22H29N3O6S. The maximum atomic E-state index is 12.8. The SMILES string of the molecule is CCn1c(C)cc(C(=O)O[C@H](C)C(=O)Nc2cccc(S(=O)(=O)N3CCOCC3)c2)c1C. The van der Waals surface area contributed by atoms with Crippen LogP contribution in [0.3, 0.4) is 0 Å². The van der Waals surface area contributed by atoms with E-state index in [4.69, 9.17) is 9.47 Å². The summed E-state index contributed by atoms with van der Waals surface area (Å²) in [5.41, 5.74) is 2.44. The zero-order valence-corrected chi connectivity index (χ0v) is 19.6. The number of hydrogen-bond acceptors (Lipinski definition) is 6. The van der Waals surface area contributed by atoms with Crippen LogP contribution in [0.25, 0.3) is 0 Å². The maximum absolute atomic E-state index is 12.8. The first kappa shape index (κ1) is 24.0. The topological polar surface area (TPSA) is 107 Å². The third-order valence-corrected chi connectivity index (χ3v) is 7.37. The van der Waals surface area contributed by atoms with E-state index in [0.29, 0.717) is 24.5 Å². The van der Waals surface area contributed by atoms with E-state index in [1.807, 2.05) is 25.3 Å². The summed E-state index contributed by atoms with van der Waals surface area (Å²) in [6.45, 7) is 9.18. The second-order valence-electron chi connectivity index (χ2n) is 7.61. The van der Waals surface area contributed by atoms with Crippen molar-refractivity contribution in [1.82, 2.24) is 8.87 Å². The molecule has 1 aromatic carbocycles. The lowest BCUT2D eigenvalue weighted by Crippen LogP contribution is -2.40. The zero-order chi connectivity index (χ0) is 23.5. The lowest BCUT2D eigenvalue weighted by molar-refractivity contribution is -0.123. The van der Waals surface area contributed by atoms with E-state index < -0.39 is 28.0 Å². The Labute approximate surface area is 188 Å². The second kappa shape index (κ2) is 9.85. The molecule has 32 heavy (non-hydrogen) atoms. The molecule has 1 N–H and O–H groups in total. The molecule has 10 heteroatoms. The highest BCUT2D eigenvalue weighted by Gasteiger charge is 2.27. The number of rotatable bonds is 7. The molecule has 1 aromatic heterocycles. The molecule has 1 fully saturated rings. The van der Waals surface area contributed by atoms with Crippen LogP contribution in [0.1, 0.15) is 35.6 Å². The minimum absolute atomic E-state index is 0.0776. The van der Waals surface area contributed by atoms with Gasteiger partial charge in [0.25, 0.3) is 5.91 Å². The van der Waals surface area contributed by atoms with Crippen LogP contribution in [0.15, 0.2) is 35.2 Å². The molecule has 1 aliphatic rings. The van der Waals surface area contributed by atoms with Gasteiger partial charge in [-0.15, -0.1) is 0 Å². The van der Waals surface area contributed by atoms with Crippen LogP contribution in [0, 0.1) is 13.8 Å². The van der Waals surface area contributed by atoms with E-state index in [0.717, 1.165) is 17.9 Å². The molecule has 1 aliphatic heterocycles. The van der Waals surface area contributed by atoms with Gasteiger partial charge in [-0.1, -0.05) is 6.07 Å². The molecule has 0 radical (unpaired) electrons. The van der Waals surface area contributed by atoms with E-state index in [-0.39, 0.29) is 18.0 Å². The lowest BCUT2D eigenvalue weighted by atomic mass is 10.2. The van der Waals surface area contributed by atoms with Crippen molar-refractivity contribution in [3.63, 3.8) is 0 Å². The van der Waals surface area contributed by atoms with Crippen molar-refractivity contribution < 1.29 is 27.5 Å². The molecule has 0 spiro atoms. The number of aryl methyl sites for hydroxylation is 1. The van der Waals surface area contributed by atoms with Gasteiger partial charge in [-0.2, -0.15) is 4.31 Å². The lowest BCUT2D eigenvalue weighted by Gasteiger charge is -2.26. The number of nitrogens with one attached hydrogen (secondary N) is 1. The highest BCUT2D eigenvalue weighted by Crippen LogP contribution is 2.21. The summed E-state index contributed by atoms with van der Waals surface area (Å²) in [4.78, 5) is 25.2. The standard InChI is InChI=1S/C22H29N3O6S/c1-5-25-15(2)13-20(16(25)3)22(27)31-17(4)21(26)23-18-7-6-8-19(14-18)32(28,29)24-9-11-30-12-10-24/h6-8,13-14,17H,5,9-12H2,1-4H3,(H,23,26)/t17-/m1/s1. The highest BCUT2D eigenvalue weighted by atomic mass is 32.2. The summed E-state index contributed by atoms with van der Waals surface area (Å²) >= 11 is 0. The molecule has 1 saturated heterocycles. The van der Waals surface area contributed by atoms with Crippen molar-refractivity contribution in [2.24, 2.45) is 0 Å². The molecule has 9 nitrogen and oxygen atoms in total. The van der Waals surface area contributed by atoms with Gasteiger partial charge in [0.1, 0.15) is 0 Å².